The van der Waals surface area contributed by atoms with Crippen molar-refractivity contribution in [2.45, 2.75) is 19.3 Å². The van der Waals surface area contributed by atoms with Crippen LogP contribution in [-0.4, -0.2) is 11.5 Å². The molecule has 60 valence electrons. The third-order valence-electron chi connectivity index (χ3n) is 1.80. The summed E-state index contributed by atoms with van der Waals surface area (Å²) in [6, 6.07) is 0. The Bertz CT molecular complexity index is 220. The fraction of sp³-hybridized carbons (Fsp3) is 0.571. The van der Waals surface area contributed by atoms with Crippen molar-refractivity contribution < 1.29 is 0 Å². The highest BCUT2D eigenvalue weighted by Crippen LogP contribution is 2.26. The minimum absolute atomic E-state index is 0.0304. The summed E-state index contributed by atoms with van der Waals surface area (Å²) in [4.78, 5) is 1.37. The highest BCUT2D eigenvalue weighted by atomic mass is 32.2. The van der Waals surface area contributed by atoms with Crippen LogP contribution in [0, 0.1) is 0 Å². The number of piperidine rings is 1. The molecule has 0 amide bonds. The van der Waals surface area contributed by atoms with Crippen molar-refractivity contribution in [3.05, 3.63) is 11.6 Å². The summed E-state index contributed by atoms with van der Waals surface area (Å²) in [6.07, 6.45) is 5.55. The largest absolute Gasteiger partial charge is 0.286 e. The first-order valence-corrected chi connectivity index (χ1v) is 5.12. The molecule has 0 aliphatic carbocycles. The maximum atomic E-state index is 4.10. The van der Waals surface area contributed by atoms with Gasteiger partial charge < -0.3 is 0 Å². The Morgan fingerprint density at radius 1 is 1.45 bits per heavy atom. The Balaban J connectivity index is 2.17. The van der Waals surface area contributed by atoms with E-state index in [0.717, 1.165) is 6.54 Å². The van der Waals surface area contributed by atoms with Crippen LogP contribution in [0.15, 0.2) is 21.2 Å². The molecule has 0 bridgehead atoms. The van der Waals surface area contributed by atoms with Crippen LogP contribution in [0.1, 0.15) is 19.3 Å². The van der Waals surface area contributed by atoms with Gasteiger partial charge in [-0.05, 0) is 29.9 Å². The van der Waals surface area contributed by atoms with Crippen LogP contribution in [-0.2, 0) is 0 Å². The molecular weight excluding hydrogens is 158 g/mol. The first-order valence-electron chi connectivity index (χ1n) is 3.87. The SMILES string of the molecule is C1=C/S(=C2\CCCCN2)N=N1. The molecule has 0 radical (unpaired) electrons. The van der Waals surface area contributed by atoms with E-state index in [1.54, 1.807) is 6.20 Å². The van der Waals surface area contributed by atoms with Crippen LogP contribution >= 0.6 is 10.7 Å². The van der Waals surface area contributed by atoms with Gasteiger partial charge in [0, 0.05) is 16.9 Å². The first kappa shape index (κ1) is 7.18. The van der Waals surface area contributed by atoms with Gasteiger partial charge in [-0.15, -0.1) is 4.52 Å². The Labute approximate surface area is 68.7 Å². The van der Waals surface area contributed by atoms with Gasteiger partial charge >= 0.3 is 0 Å². The average molecular weight is 169 g/mol. The molecule has 0 aromatic heterocycles. The highest BCUT2D eigenvalue weighted by molar-refractivity contribution is 8.17. The molecule has 0 aromatic carbocycles. The van der Waals surface area contributed by atoms with Crippen LogP contribution < -0.4 is 5.32 Å². The van der Waals surface area contributed by atoms with Gasteiger partial charge in [0.15, 0.2) is 0 Å². The Morgan fingerprint density at radius 2 is 2.45 bits per heavy atom. The van der Waals surface area contributed by atoms with Crippen molar-refractivity contribution in [1.29, 1.82) is 0 Å². The average Bonchev–Trinajstić information content (AvgIpc) is 2.58. The van der Waals surface area contributed by atoms with Gasteiger partial charge in [-0.1, -0.05) is 0 Å². The van der Waals surface area contributed by atoms with Crippen molar-refractivity contribution in [3.8, 4) is 0 Å². The van der Waals surface area contributed by atoms with Gasteiger partial charge in [-0.3, -0.25) is 5.32 Å². The lowest BCUT2D eigenvalue weighted by atomic mass is 10.2. The summed E-state index contributed by atoms with van der Waals surface area (Å²) in [5.74, 6) is 0. The van der Waals surface area contributed by atoms with Crippen molar-refractivity contribution in [2.75, 3.05) is 6.54 Å². The molecule has 1 saturated heterocycles. The first-order chi connectivity index (χ1) is 5.47. The predicted molar refractivity (Wildman–Crippen MR) is 48.4 cm³/mol. The number of nitrogens with one attached hydrogen (secondary N) is 1. The zero-order valence-electron chi connectivity index (χ0n) is 6.29. The quantitative estimate of drug-likeness (QED) is 0.553. The monoisotopic (exact) mass is 169 g/mol. The lowest BCUT2D eigenvalue weighted by Gasteiger charge is -2.15. The Morgan fingerprint density at radius 3 is 3.09 bits per heavy atom. The zero-order valence-corrected chi connectivity index (χ0v) is 7.10. The van der Waals surface area contributed by atoms with E-state index < -0.39 is 0 Å². The van der Waals surface area contributed by atoms with Crippen molar-refractivity contribution >= 4 is 15.7 Å². The molecule has 2 heterocycles. The zero-order chi connectivity index (χ0) is 7.52. The molecule has 1 fully saturated rings. The van der Waals surface area contributed by atoms with E-state index in [9.17, 15) is 0 Å². The molecule has 11 heavy (non-hydrogen) atoms. The van der Waals surface area contributed by atoms with Crippen molar-refractivity contribution in [3.63, 3.8) is 0 Å². The summed E-state index contributed by atoms with van der Waals surface area (Å²) in [6.45, 7) is 1.11. The van der Waals surface area contributed by atoms with Crippen LogP contribution in [0.2, 0.25) is 0 Å². The summed E-state index contributed by atoms with van der Waals surface area (Å²) in [7, 11) is -0.0304. The molecule has 0 spiro atoms. The van der Waals surface area contributed by atoms with E-state index in [2.05, 4.69) is 20.4 Å². The number of nitrogens with zero attached hydrogens (tertiary/aromatic N) is 2. The van der Waals surface area contributed by atoms with Crippen LogP contribution in [0.4, 0.5) is 0 Å². The summed E-state index contributed by atoms with van der Waals surface area (Å²) >= 11 is 0. The fourth-order valence-corrected chi connectivity index (χ4v) is 2.47. The molecule has 0 aromatic rings. The van der Waals surface area contributed by atoms with E-state index in [4.69, 9.17) is 0 Å². The lowest BCUT2D eigenvalue weighted by Crippen LogP contribution is -2.28. The van der Waals surface area contributed by atoms with E-state index in [1.165, 1.54) is 24.3 Å². The van der Waals surface area contributed by atoms with Crippen LogP contribution in [0.5, 0.6) is 0 Å². The second kappa shape index (κ2) is 3.28. The van der Waals surface area contributed by atoms with E-state index in [0.29, 0.717) is 0 Å². The standard InChI is InChI=1S/C7H11N3S/c1-2-4-8-7(3-1)11-6-5-9-10-11/h5-6,8H,1-4H2. The molecule has 4 heteroatoms. The van der Waals surface area contributed by atoms with Gasteiger partial charge in [0.1, 0.15) is 0 Å². The van der Waals surface area contributed by atoms with Gasteiger partial charge in [0.05, 0.1) is 6.20 Å². The second-order valence-electron chi connectivity index (χ2n) is 2.60. The third-order valence-corrected chi connectivity index (χ3v) is 3.30. The van der Waals surface area contributed by atoms with Gasteiger partial charge in [-0.25, -0.2) is 0 Å². The maximum Gasteiger partial charge on any atom is 0.0579 e. The lowest BCUT2D eigenvalue weighted by molar-refractivity contribution is 0.679. The van der Waals surface area contributed by atoms with Crippen LogP contribution in [0.25, 0.3) is 0 Å². The predicted octanol–water partition coefficient (Wildman–Crippen LogP) is 2.01. The number of hydrogen-bond donors (Lipinski definition) is 1. The molecule has 2 aliphatic rings. The molecule has 1 N–H and O–H groups in total. The Hall–Kier alpha value is -0.480. The van der Waals surface area contributed by atoms with Gasteiger partial charge in [0.25, 0.3) is 0 Å². The molecule has 1 unspecified atom stereocenters. The molecule has 2 aliphatic heterocycles. The van der Waals surface area contributed by atoms with E-state index in [-0.39, 0.29) is 10.7 Å². The molecule has 0 saturated carbocycles. The number of hydrogen-bond acceptors (Lipinski definition) is 2. The van der Waals surface area contributed by atoms with Gasteiger partial charge in [-0.2, -0.15) is 5.11 Å². The minimum Gasteiger partial charge on any atom is -0.286 e. The fourth-order valence-electron chi connectivity index (χ4n) is 1.23. The third kappa shape index (κ3) is 1.57. The highest BCUT2D eigenvalue weighted by Gasteiger charge is 2.08. The topological polar surface area (TPSA) is 36.8 Å². The molecular formula is C7H11N3S. The normalized spacial score (nSPS) is 33.1. The molecule has 3 nitrogen and oxygen atoms in total. The maximum absolute atomic E-state index is 4.10. The summed E-state index contributed by atoms with van der Waals surface area (Å²) in [5.41, 5.74) is 0. The van der Waals surface area contributed by atoms with E-state index in [1.807, 2.05) is 0 Å². The van der Waals surface area contributed by atoms with Crippen LogP contribution in [0.3, 0.4) is 0 Å². The van der Waals surface area contributed by atoms with Crippen molar-refractivity contribution in [2.24, 2.45) is 9.63 Å². The summed E-state index contributed by atoms with van der Waals surface area (Å²) < 4.78 is 4.10. The second-order valence-corrected chi connectivity index (χ2v) is 4.16. The minimum atomic E-state index is -0.0304. The molecule has 1 atom stereocenters. The smallest absolute Gasteiger partial charge is 0.0579 e. The number of rotatable bonds is 0. The van der Waals surface area contributed by atoms with E-state index >= 15 is 0 Å². The molecule has 2 rings (SSSR count). The Kier molecular flexibility index (Phi) is 2.14. The van der Waals surface area contributed by atoms with Crippen molar-refractivity contribution in [1.82, 2.24) is 5.32 Å². The summed E-state index contributed by atoms with van der Waals surface area (Å²) in [5, 5.41) is 9.28. The van der Waals surface area contributed by atoms with Gasteiger partial charge in [0.2, 0.25) is 0 Å².